The monoisotopic (exact) mass is 1870 g/mol. The van der Waals surface area contributed by atoms with Crippen LogP contribution in [0, 0.1) is 150 Å². The summed E-state index contributed by atoms with van der Waals surface area (Å²) in [6.45, 7) is 42.4. The third-order valence-electron chi connectivity index (χ3n) is 25.7. The summed E-state index contributed by atoms with van der Waals surface area (Å²) in [5, 5.41) is 8.24. The molecule has 0 aliphatic rings. The van der Waals surface area contributed by atoms with Crippen molar-refractivity contribution in [3.63, 3.8) is 0 Å². The molecule has 0 aromatic heterocycles. The van der Waals surface area contributed by atoms with Crippen molar-refractivity contribution in [3.05, 3.63) is 607 Å². The molecule has 0 heteroatoms. The number of benzene rings is 21. The van der Waals surface area contributed by atoms with Crippen LogP contribution in [0.5, 0.6) is 0 Å². The van der Waals surface area contributed by atoms with Crippen LogP contribution in [-0.4, -0.2) is 0 Å². The van der Waals surface area contributed by atoms with Gasteiger partial charge in [0.15, 0.2) is 0 Å². The predicted molar refractivity (Wildman–Crippen MR) is 632 cm³/mol. The maximum absolute atomic E-state index is 3.16. The van der Waals surface area contributed by atoms with Crippen molar-refractivity contribution in [3.8, 4) is 78.6 Å². The first kappa shape index (κ1) is 107. The van der Waals surface area contributed by atoms with Crippen molar-refractivity contribution < 1.29 is 0 Å². The Labute approximate surface area is 862 Å². The SMILES string of the molecule is Cc1c2ccccc2c(C)c2ccccc12.Cc1ccc(-c2ccc(-c3ccc(-c4ccc(C)cc4)cc3)cc2)cc1.Cc1ccc(-c2ccc(-c3ccc(C)cc3)cc2)cc1.Cc1ccc(-c2ccc(C)cc2)cc1.Cc1ccc(C#Cc2ccc(C)cc2)cc1.Cc1ccc(C)c2ccccc12.Cc1ccc(C)cc1.Cc1ccc(C=Cc2ccc(C)cc2)cc1.Cc1cccc(C)c1.Cc1ccccc1C. The normalized spacial score (nSPS) is 10.3. The molecule has 0 heterocycles. The van der Waals surface area contributed by atoms with Crippen LogP contribution < -0.4 is 0 Å². The van der Waals surface area contributed by atoms with Crippen molar-refractivity contribution >= 4 is 44.5 Å². The van der Waals surface area contributed by atoms with Gasteiger partial charge in [0.2, 0.25) is 0 Å². The first-order valence-corrected chi connectivity index (χ1v) is 50.2. The van der Waals surface area contributed by atoms with Gasteiger partial charge in [-0.1, -0.05) is 551 Å². The maximum atomic E-state index is 3.16. The van der Waals surface area contributed by atoms with Gasteiger partial charge in [-0.25, -0.2) is 0 Å². The van der Waals surface area contributed by atoms with Crippen LogP contribution >= 0.6 is 0 Å². The first-order valence-electron chi connectivity index (χ1n) is 50.2. The molecule has 716 valence electrons. The molecule has 0 nitrogen and oxygen atoms in total. The zero-order valence-electron chi connectivity index (χ0n) is 88.2. The molecule has 0 atom stereocenters. The van der Waals surface area contributed by atoms with E-state index in [-0.39, 0.29) is 0 Å². The standard InChI is InChI=1S/C26H22.C20H18.C16H14.C16H16.C16H14.C14H14.C12H12.3C8H10/c1-19-3-7-21(8-4-19)23-11-15-25(16-12-23)26-17-13-24(14-18-26)22-9-5-20(2)6-10-22;1-15-3-7-17(8-4-15)19-11-13-20(14-12-19)18-9-5-16(2)6-10-18;1-11-13-7-3-5-9-15(13)12(2)16-10-6-4-8-14(11)16;2*1-13-3-7-15(8-4-13)11-12-16-9-5-14(2)6-10-16;1-11-3-7-13(8-4-11)14-9-5-12(2)6-10-14;1-9-7-8-10(2)12-6-4-3-5-11(9)12;1-7-3-5-8(2)6-4-7;1-7-4-3-5-8(2)6-7;1-7-5-3-4-6-8(7)2/h3-18H,1-2H3;3-14H,1-2H3;3-10H,1-2H3;3-12H,1-2H3;3-10H,1-2H3;3-10H,1-2H3;3-8H,1-2H3;3*3-6H,1-2H3. The molecule has 21 aromatic rings. The van der Waals surface area contributed by atoms with E-state index in [1.54, 1.807) is 0 Å². The fourth-order valence-corrected chi connectivity index (χ4v) is 16.3. The Hall–Kier alpha value is -16.3. The summed E-state index contributed by atoms with van der Waals surface area (Å²) >= 11 is 0. The molecule has 0 fully saturated rings. The molecule has 0 spiro atoms. The van der Waals surface area contributed by atoms with Crippen molar-refractivity contribution in [1.82, 2.24) is 0 Å². The van der Waals surface area contributed by atoms with Gasteiger partial charge in [0.25, 0.3) is 0 Å². The highest BCUT2D eigenvalue weighted by Crippen LogP contribution is 2.34. The van der Waals surface area contributed by atoms with E-state index in [0.717, 1.165) is 11.1 Å². The van der Waals surface area contributed by atoms with Crippen LogP contribution in [0.1, 0.15) is 134 Å². The summed E-state index contributed by atoms with van der Waals surface area (Å²) < 4.78 is 0. The molecule has 0 saturated carbocycles. The van der Waals surface area contributed by atoms with Gasteiger partial charge in [0.05, 0.1) is 0 Å². The van der Waals surface area contributed by atoms with E-state index >= 15 is 0 Å². The minimum absolute atomic E-state index is 1.06. The molecule has 21 aromatic carbocycles. The van der Waals surface area contributed by atoms with E-state index in [4.69, 9.17) is 0 Å². The van der Waals surface area contributed by atoms with Gasteiger partial charge >= 0.3 is 0 Å². The van der Waals surface area contributed by atoms with E-state index < -0.39 is 0 Å². The molecule has 21 rings (SSSR count). The zero-order valence-corrected chi connectivity index (χ0v) is 88.2. The van der Waals surface area contributed by atoms with Gasteiger partial charge in [0, 0.05) is 11.1 Å². The molecule has 0 amide bonds. The lowest BCUT2D eigenvalue weighted by Crippen LogP contribution is -1.87. The van der Waals surface area contributed by atoms with Gasteiger partial charge in [-0.05, 0) is 306 Å². The lowest BCUT2D eigenvalue weighted by atomic mass is 9.93. The van der Waals surface area contributed by atoms with Gasteiger partial charge in [-0.3, -0.25) is 0 Å². The molecule has 0 bridgehead atoms. The Balaban J connectivity index is 0.000000145. The second-order valence-corrected chi connectivity index (χ2v) is 38.0. The van der Waals surface area contributed by atoms with Crippen LogP contribution in [0.4, 0.5) is 0 Å². The molecule has 0 aliphatic heterocycles. The summed E-state index contributed by atoms with van der Waals surface area (Å²) in [5.74, 6) is 6.32. The molecule has 0 saturated heterocycles. The largest absolute Gasteiger partial charge is 0.0620 e. The molecular formula is C144H140. The summed E-state index contributed by atoms with van der Waals surface area (Å²) in [5.41, 5.74) is 46.2. The molecular weight excluding hydrogens is 1730 g/mol. The van der Waals surface area contributed by atoms with Crippen molar-refractivity contribution in [2.24, 2.45) is 0 Å². The highest BCUT2D eigenvalue weighted by molar-refractivity contribution is 6.05. The lowest BCUT2D eigenvalue weighted by molar-refractivity contribution is 1.34. The van der Waals surface area contributed by atoms with Crippen molar-refractivity contribution in [2.75, 3.05) is 0 Å². The van der Waals surface area contributed by atoms with E-state index in [9.17, 15) is 0 Å². The Morgan fingerprint density at radius 2 is 0.285 bits per heavy atom. The van der Waals surface area contributed by atoms with Crippen LogP contribution in [0.25, 0.3) is 111 Å². The average molecular weight is 1870 g/mol. The van der Waals surface area contributed by atoms with Crippen LogP contribution in [0.15, 0.2) is 473 Å². The van der Waals surface area contributed by atoms with E-state index in [2.05, 4.69) is 636 Å². The molecule has 0 radical (unpaired) electrons. The smallest absolute Gasteiger partial charge is 0.0249 e. The minimum Gasteiger partial charge on any atom is -0.0620 e. The molecule has 0 N–H and O–H groups in total. The van der Waals surface area contributed by atoms with E-state index in [1.807, 2.05) is 0 Å². The Morgan fingerprint density at radius 3 is 0.465 bits per heavy atom. The van der Waals surface area contributed by atoms with Gasteiger partial charge in [-0.2, -0.15) is 0 Å². The number of hydrogen-bond donors (Lipinski definition) is 0. The highest BCUT2D eigenvalue weighted by atomic mass is 14.1. The topological polar surface area (TPSA) is 0 Å². The molecule has 0 aliphatic carbocycles. The van der Waals surface area contributed by atoms with Crippen molar-refractivity contribution in [2.45, 2.75) is 138 Å². The van der Waals surface area contributed by atoms with Crippen LogP contribution in [0.2, 0.25) is 0 Å². The van der Waals surface area contributed by atoms with Gasteiger partial charge in [0.1, 0.15) is 0 Å². The summed E-state index contributed by atoms with van der Waals surface area (Å²) in [6, 6.07) is 167. The number of hydrogen-bond acceptors (Lipinski definition) is 0. The number of rotatable bonds is 8. The molecule has 0 unspecified atom stereocenters. The summed E-state index contributed by atoms with van der Waals surface area (Å²) in [4.78, 5) is 0. The number of aryl methyl sites for hydroxylation is 20. The van der Waals surface area contributed by atoms with Gasteiger partial charge < -0.3 is 0 Å². The average Bonchev–Trinajstić information content (AvgIpc) is 0.763. The van der Waals surface area contributed by atoms with Crippen molar-refractivity contribution in [1.29, 1.82) is 0 Å². The number of fused-ring (bicyclic) bond motifs is 3. The lowest BCUT2D eigenvalue weighted by Gasteiger charge is -2.11. The second-order valence-electron chi connectivity index (χ2n) is 38.0. The summed E-state index contributed by atoms with van der Waals surface area (Å²) in [6.07, 6.45) is 4.29. The van der Waals surface area contributed by atoms with E-state index in [0.29, 0.717) is 0 Å². The highest BCUT2D eigenvalue weighted by Gasteiger charge is 2.10. The third kappa shape index (κ3) is 33.7. The minimum atomic E-state index is 1.06. The second kappa shape index (κ2) is 54.5. The first-order chi connectivity index (χ1) is 69.6. The maximum Gasteiger partial charge on any atom is 0.0249 e. The Bertz CT molecular complexity index is 7130. The predicted octanol–water partition coefficient (Wildman–Crippen LogP) is 40.1. The fraction of sp³-hybridized carbons (Fsp3) is 0.139. The van der Waals surface area contributed by atoms with Crippen LogP contribution in [-0.2, 0) is 0 Å². The van der Waals surface area contributed by atoms with Gasteiger partial charge in [-0.15, -0.1) is 0 Å². The Morgan fingerprint density at radius 1 is 0.125 bits per heavy atom. The quantitative estimate of drug-likeness (QED) is 0.0808. The summed E-state index contributed by atoms with van der Waals surface area (Å²) in [7, 11) is 0. The third-order valence-corrected chi connectivity index (χ3v) is 25.7. The van der Waals surface area contributed by atoms with E-state index in [1.165, 1.54) is 221 Å². The Kier molecular flexibility index (Phi) is 40.3. The molecule has 144 heavy (non-hydrogen) atoms. The zero-order chi connectivity index (χ0) is 102. The fourth-order valence-electron chi connectivity index (χ4n) is 16.3. The van der Waals surface area contributed by atoms with Crippen LogP contribution in [0.3, 0.4) is 0 Å².